The summed E-state index contributed by atoms with van der Waals surface area (Å²) in [5.74, 6) is 1.29. The maximum Gasteiger partial charge on any atom is 0.242 e. The molecule has 0 aromatic carbocycles. The van der Waals surface area contributed by atoms with E-state index >= 15 is 0 Å². The molecule has 1 aliphatic carbocycles. The zero-order valence-electron chi connectivity index (χ0n) is 11.7. The van der Waals surface area contributed by atoms with Gasteiger partial charge in [0, 0.05) is 24.3 Å². The van der Waals surface area contributed by atoms with Gasteiger partial charge in [-0.25, -0.2) is 4.98 Å². The van der Waals surface area contributed by atoms with Crippen LogP contribution in [0, 0.1) is 6.92 Å². The maximum atomic E-state index is 11.9. The molecule has 1 aliphatic rings. The number of amides is 1. The van der Waals surface area contributed by atoms with E-state index in [0.29, 0.717) is 17.8 Å². The molecule has 0 aliphatic heterocycles. The summed E-state index contributed by atoms with van der Waals surface area (Å²) < 4.78 is 0. The van der Waals surface area contributed by atoms with E-state index in [9.17, 15) is 4.79 Å². The van der Waals surface area contributed by atoms with Crippen molar-refractivity contribution in [3.8, 4) is 0 Å². The molecule has 1 aromatic rings. The standard InChI is InChI=1S/C13H21N5O/c1-4-14-13-15-7-8(2)11(18-13)16-9(3)12(19)17-10-5-6-10/h7,9-10H,4-6H2,1-3H3,(H,17,19)(H2,14,15,16,18). The van der Waals surface area contributed by atoms with Crippen LogP contribution in [0.4, 0.5) is 11.8 Å². The molecular weight excluding hydrogens is 242 g/mol. The number of aryl methyl sites for hydroxylation is 1. The van der Waals surface area contributed by atoms with Gasteiger partial charge in [0.1, 0.15) is 11.9 Å². The monoisotopic (exact) mass is 263 g/mol. The van der Waals surface area contributed by atoms with Crippen molar-refractivity contribution < 1.29 is 4.79 Å². The lowest BCUT2D eigenvalue weighted by Crippen LogP contribution is -2.39. The molecule has 1 unspecified atom stereocenters. The molecule has 6 nitrogen and oxygen atoms in total. The summed E-state index contributed by atoms with van der Waals surface area (Å²) in [6.45, 7) is 6.51. The molecule has 0 bridgehead atoms. The largest absolute Gasteiger partial charge is 0.358 e. The topological polar surface area (TPSA) is 78.9 Å². The maximum absolute atomic E-state index is 11.9. The number of carbonyl (C=O) groups is 1. The number of hydrogen-bond donors (Lipinski definition) is 3. The first kappa shape index (κ1) is 13.6. The third kappa shape index (κ3) is 3.81. The zero-order valence-corrected chi connectivity index (χ0v) is 11.7. The Morgan fingerprint density at radius 2 is 2.26 bits per heavy atom. The highest BCUT2D eigenvalue weighted by Crippen LogP contribution is 2.19. The van der Waals surface area contributed by atoms with Crippen LogP contribution < -0.4 is 16.0 Å². The Labute approximate surface area is 113 Å². The van der Waals surface area contributed by atoms with E-state index < -0.39 is 0 Å². The molecular formula is C13H21N5O. The van der Waals surface area contributed by atoms with Crippen LogP contribution >= 0.6 is 0 Å². The van der Waals surface area contributed by atoms with Gasteiger partial charge in [-0.1, -0.05) is 0 Å². The quantitative estimate of drug-likeness (QED) is 0.721. The molecule has 19 heavy (non-hydrogen) atoms. The van der Waals surface area contributed by atoms with E-state index in [4.69, 9.17) is 0 Å². The van der Waals surface area contributed by atoms with E-state index in [1.54, 1.807) is 6.20 Å². The van der Waals surface area contributed by atoms with Gasteiger partial charge >= 0.3 is 0 Å². The third-order valence-electron chi connectivity index (χ3n) is 2.98. The lowest BCUT2D eigenvalue weighted by molar-refractivity contribution is -0.121. The van der Waals surface area contributed by atoms with Crippen molar-refractivity contribution >= 4 is 17.7 Å². The van der Waals surface area contributed by atoms with Crippen LogP contribution in [0.2, 0.25) is 0 Å². The van der Waals surface area contributed by atoms with E-state index in [2.05, 4.69) is 25.9 Å². The van der Waals surface area contributed by atoms with Crippen LogP contribution in [0.3, 0.4) is 0 Å². The van der Waals surface area contributed by atoms with Crippen LogP contribution in [-0.2, 0) is 4.79 Å². The summed E-state index contributed by atoms with van der Waals surface area (Å²) in [5.41, 5.74) is 0.924. The minimum Gasteiger partial charge on any atom is -0.358 e. The van der Waals surface area contributed by atoms with Crippen LogP contribution in [0.1, 0.15) is 32.3 Å². The second-order valence-electron chi connectivity index (χ2n) is 4.90. The molecule has 1 aromatic heterocycles. The fourth-order valence-corrected chi connectivity index (χ4v) is 1.66. The van der Waals surface area contributed by atoms with Crippen LogP contribution in [0.15, 0.2) is 6.20 Å². The highest BCUT2D eigenvalue weighted by Gasteiger charge is 2.25. The predicted molar refractivity (Wildman–Crippen MR) is 75.2 cm³/mol. The summed E-state index contributed by atoms with van der Waals surface area (Å²) in [6, 6.07) is 0.0734. The van der Waals surface area contributed by atoms with Gasteiger partial charge in [-0.3, -0.25) is 4.79 Å². The Balaban J connectivity index is 1.99. The van der Waals surface area contributed by atoms with E-state index in [1.165, 1.54) is 0 Å². The number of carbonyl (C=O) groups excluding carboxylic acids is 1. The highest BCUT2D eigenvalue weighted by molar-refractivity contribution is 5.84. The first-order valence-electron chi connectivity index (χ1n) is 6.74. The smallest absolute Gasteiger partial charge is 0.242 e. The van der Waals surface area contributed by atoms with Gasteiger partial charge < -0.3 is 16.0 Å². The van der Waals surface area contributed by atoms with Crippen molar-refractivity contribution in [2.75, 3.05) is 17.2 Å². The Hall–Kier alpha value is -1.85. The molecule has 1 heterocycles. The normalized spacial score (nSPS) is 15.7. The SMILES string of the molecule is CCNc1ncc(C)c(NC(C)C(=O)NC2CC2)n1. The number of anilines is 2. The lowest BCUT2D eigenvalue weighted by Gasteiger charge is -2.16. The van der Waals surface area contributed by atoms with Gasteiger partial charge in [-0.15, -0.1) is 0 Å². The summed E-state index contributed by atoms with van der Waals surface area (Å²) in [7, 11) is 0. The second kappa shape index (κ2) is 5.86. The molecule has 3 N–H and O–H groups in total. The van der Waals surface area contributed by atoms with Gasteiger partial charge in [0.2, 0.25) is 11.9 Å². The molecule has 1 saturated carbocycles. The van der Waals surface area contributed by atoms with Crippen LogP contribution in [0.25, 0.3) is 0 Å². The minimum absolute atomic E-state index is 0.0190. The van der Waals surface area contributed by atoms with Gasteiger partial charge in [0.05, 0.1) is 0 Å². The van der Waals surface area contributed by atoms with E-state index in [1.807, 2.05) is 20.8 Å². The van der Waals surface area contributed by atoms with Crippen molar-refractivity contribution in [2.45, 2.75) is 45.7 Å². The zero-order chi connectivity index (χ0) is 13.8. The first-order chi connectivity index (χ1) is 9.10. The summed E-state index contributed by atoms with van der Waals surface area (Å²) in [6.07, 6.45) is 3.93. The Bertz CT molecular complexity index is 458. The summed E-state index contributed by atoms with van der Waals surface area (Å²) in [5, 5.41) is 9.17. The van der Waals surface area contributed by atoms with Crippen LogP contribution in [0.5, 0.6) is 0 Å². The van der Waals surface area contributed by atoms with Crippen molar-refractivity contribution in [3.05, 3.63) is 11.8 Å². The van der Waals surface area contributed by atoms with Crippen molar-refractivity contribution in [3.63, 3.8) is 0 Å². The lowest BCUT2D eigenvalue weighted by atomic mass is 10.2. The number of nitrogens with zero attached hydrogens (tertiary/aromatic N) is 2. The fourth-order valence-electron chi connectivity index (χ4n) is 1.66. The molecule has 0 saturated heterocycles. The number of aromatic nitrogens is 2. The van der Waals surface area contributed by atoms with Crippen LogP contribution in [-0.4, -0.2) is 34.5 Å². The Morgan fingerprint density at radius 3 is 2.89 bits per heavy atom. The van der Waals surface area contributed by atoms with Gasteiger partial charge in [0.25, 0.3) is 0 Å². The average molecular weight is 263 g/mol. The number of rotatable bonds is 6. The van der Waals surface area contributed by atoms with E-state index in [0.717, 1.165) is 24.9 Å². The Morgan fingerprint density at radius 1 is 1.53 bits per heavy atom. The van der Waals surface area contributed by atoms with E-state index in [-0.39, 0.29) is 11.9 Å². The van der Waals surface area contributed by atoms with Gasteiger partial charge in [-0.2, -0.15) is 4.98 Å². The predicted octanol–water partition coefficient (Wildman–Crippen LogP) is 1.30. The molecule has 2 rings (SSSR count). The fraction of sp³-hybridized carbons (Fsp3) is 0.615. The molecule has 104 valence electrons. The molecule has 1 atom stereocenters. The highest BCUT2D eigenvalue weighted by atomic mass is 16.2. The molecule has 0 spiro atoms. The first-order valence-corrected chi connectivity index (χ1v) is 6.74. The van der Waals surface area contributed by atoms with Crippen molar-refractivity contribution in [1.82, 2.24) is 15.3 Å². The molecule has 1 fully saturated rings. The van der Waals surface area contributed by atoms with Gasteiger partial charge in [0.15, 0.2) is 0 Å². The molecule has 1 amide bonds. The van der Waals surface area contributed by atoms with Crippen molar-refractivity contribution in [1.29, 1.82) is 0 Å². The molecule has 6 heteroatoms. The summed E-state index contributed by atoms with van der Waals surface area (Å²) in [4.78, 5) is 20.4. The molecule has 0 radical (unpaired) electrons. The Kier molecular flexibility index (Phi) is 4.19. The number of nitrogens with one attached hydrogen (secondary N) is 3. The second-order valence-corrected chi connectivity index (χ2v) is 4.90. The average Bonchev–Trinajstić information content (AvgIpc) is 3.17. The number of hydrogen-bond acceptors (Lipinski definition) is 5. The summed E-state index contributed by atoms with van der Waals surface area (Å²) >= 11 is 0. The third-order valence-corrected chi connectivity index (χ3v) is 2.98. The minimum atomic E-state index is -0.302. The van der Waals surface area contributed by atoms with Gasteiger partial charge in [-0.05, 0) is 33.6 Å². The van der Waals surface area contributed by atoms with Crippen molar-refractivity contribution in [2.24, 2.45) is 0 Å².